The number of anilines is 4. The molecule has 0 spiro atoms. The fourth-order valence-electron chi connectivity index (χ4n) is 17.4. The third-order valence-electron chi connectivity index (χ3n) is 25.1. The summed E-state index contributed by atoms with van der Waals surface area (Å²) in [5.74, 6) is -24.1. The summed E-state index contributed by atoms with van der Waals surface area (Å²) in [6.45, 7) is 15.0. The molecule has 146 heavy (non-hydrogen) atoms. The Balaban J connectivity index is 0.646. The van der Waals surface area contributed by atoms with Crippen molar-refractivity contribution in [3.05, 3.63) is 112 Å². The number of carbonyl (C=O) groups excluding carboxylic acids is 13. The number of nitrogens with zero attached hydrogens (tertiary/aromatic N) is 7. The Kier molecular flexibility index (Phi) is 40.7. The number of unbranched alkanes of at least 4 members (excludes halogenated alkanes) is 4. The lowest BCUT2D eigenvalue weighted by atomic mass is 9.90. The molecule has 0 aliphatic carbocycles. The molecular weight excluding hydrogens is 1930 g/mol. The van der Waals surface area contributed by atoms with Gasteiger partial charge in [0.15, 0.2) is 57.9 Å². The molecule has 5 aromatic rings. The van der Waals surface area contributed by atoms with Gasteiger partial charge in [-0.1, -0.05) is 44.6 Å². The molecule has 7 heterocycles. The van der Waals surface area contributed by atoms with E-state index >= 15 is 0 Å². The lowest BCUT2D eigenvalue weighted by molar-refractivity contribution is -0.145. The van der Waals surface area contributed by atoms with Crippen molar-refractivity contribution in [2.75, 3.05) is 101 Å². The number of aromatic amines is 1. The molecule has 0 bridgehead atoms. The number of thioether (sulfide) groups is 1. The van der Waals surface area contributed by atoms with Gasteiger partial charge in [0.05, 0.1) is 136 Å². The fraction of sp³-hybridized carbons (Fsp3) is 0.510. The number of amides is 10. The molecule has 10 rings (SSSR count). The number of hydrogen-bond acceptors (Lipinski definition) is 33. The van der Waals surface area contributed by atoms with E-state index in [1.54, 1.807) is 26.0 Å². The Morgan fingerprint density at radius 1 is 0.651 bits per heavy atom. The molecule has 2 aromatic heterocycles. The molecule has 3 aromatic carbocycles. The van der Waals surface area contributed by atoms with Crippen LogP contribution in [0.1, 0.15) is 186 Å². The minimum absolute atomic E-state index is 0.0159. The lowest BCUT2D eigenvalue weighted by Gasteiger charge is -2.35. The van der Waals surface area contributed by atoms with E-state index in [0.29, 0.717) is 96.2 Å². The van der Waals surface area contributed by atoms with Crippen LogP contribution in [0.2, 0.25) is 0 Å². The number of H-pyrrole nitrogens is 1. The number of aliphatic carboxylic acids is 5. The van der Waals surface area contributed by atoms with Crippen molar-refractivity contribution in [2.24, 2.45) is 29.4 Å². The summed E-state index contributed by atoms with van der Waals surface area (Å²) >= 11 is 0.708. The van der Waals surface area contributed by atoms with Crippen molar-refractivity contribution < 1.29 is 136 Å². The molecule has 21 N–H and O–H groups in total. The van der Waals surface area contributed by atoms with Crippen molar-refractivity contribution >= 4 is 158 Å². The number of methoxy groups -OCH3 is 2. The van der Waals surface area contributed by atoms with E-state index in [9.17, 15) is 117 Å². The number of ether oxygens (including phenoxy) is 5. The fourth-order valence-corrected chi connectivity index (χ4v) is 18.7. The van der Waals surface area contributed by atoms with Crippen LogP contribution in [-0.2, 0) is 83.2 Å². The SMILES string of the molecule is C=C1C[C@H]2CNc3cc(OCCCCCOc4cc(N)c(C(=O)N5CC(=C)C[C@H]5C5OCCN5C(=O)[C@H](C)NC(=O)[C@@H](NC(=O)CCCCCN5C(=O)CC(SC[C@H](CC(=O)[C@H](CC(=O)O)NC(=O)[C@H](CC(=O)O)CC(=O)[C@H](CCCNC(=N)N)NC(=O)[C@H](CC(=O)O)CC(=O)CC[C@H](NC(=O)c6ccc(NCc7cnc8nc(N)[nH]c(=O)c8n7)cc6)C(=O)O)C(=O)O)C5=O)C(C)C)cc4OC)c(OC)cc3C(=O)N2C1. The maximum Gasteiger partial charge on any atom is 0.326 e. The Morgan fingerprint density at radius 2 is 1.29 bits per heavy atom. The monoisotopic (exact) mass is 2050 g/mol. The number of benzene rings is 3. The zero-order valence-electron chi connectivity index (χ0n) is 81.3. The number of nitrogens with two attached hydrogens (primary N) is 3. The van der Waals surface area contributed by atoms with Crippen LogP contribution in [0.5, 0.6) is 23.0 Å². The van der Waals surface area contributed by atoms with Crippen LogP contribution >= 0.6 is 11.8 Å². The van der Waals surface area contributed by atoms with Gasteiger partial charge in [0.2, 0.25) is 47.3 Å². The minimum Gasteiger partial charge on any atom is -0.493 e. The van der Waals surface area contributed by atoms with Crippen LogP contribution in [0.4, 0.5) is 23.0 Å². The molecule has 49 nitrogen and oxygen atoms in total. The molecule has 0 radical (unpaired) electrons. The van der Waals surface area contributed by atoms with Crippen molar-refractivity contribution in [1.29, 1.82) is 5.41 Å². The third-order valence-corrected chi connectivity index (χ3v) is 26.5. The number of Topliss-reactive ketones (excluding diaryl/α,β-unsaturated/α-hetero) is 3. The maximum absolute atomic E-state index is 14.6. The second-order valence-electron chi connectivity index (χ2n) is 36.5. The average molecular weight is 2050 g/mol. The standard InChI is InChI=1S/C96H124N20O29S/c1-48(2)80(86(131)105-51(5)88(133)114-25-28-145-92(114)67-30-50(4)46-116(67)89(134)60-36-70(141-6)72(38-62(60)97)143-26-12-9-13-27-144-73-39-65-61(37-71(73)142-7)90(135)115-45-49(3)29-58(115)44-103-65)110-75(120)16-10-8-11-24-113-76(121)41-74(91(113)136)146-47-55(93(137)138)33-69(119)66(40-79(126)127)109-85(130)54(35-78(124)125)32-68(118)63(15-14-23-101-95(98)99)107-84(129)53(34-77(122)123)31-59(117)21-22-64(94(139)140)108-83(128)52-17-19-56(20-18-52)102-42-57-43-104-82-81(106-57)87(132)112-96(100)111-82/h17-20,36-39,43,48,51,53-55,58,63-64,66-67,74,80,92,102-103H,3-4,8-16,21-35,40-42,44-47,97H2,1-2,5-7H3,(H,105,131)(H,107,129)(H,108,128)(H,109,130)(H,110,120)(H,122,123)(H,124,125)(H,126,127)(H,137,138)(H,139,140)(H4,98,99,101)(H3,100,104,111,112,132)/t51-,53-,54-,55-,58-,63-,64-,66-,67-,74?,80-,92?/m0/s1. The molecule has 0 saturated carbocycles. The molecular formula is C96H124N20O29S. The highest BCUT2D eigenvalue weighted by Gasteiger charge is 2.48. The summed E-state index contributed by atoms with van der Waals surface area (Å²) < 4.78 is 29.7. The number of rotatable bonds is 58. The Hall–Kier alpha value is -15.4. The molecule has 10 amide bonds. The first-order valence-corrected chi connectivity index (χ1v) is 48.6. The number of carboxylic acid groups (broad SMARTS) is 5. The van der Waals surface area contributed by atoms with Crippen LogP contribution < -0.4 is 84.2 Å². The topological polar surface area (TPSA) is 737 Å². The predicted octanol–water partition coefficient (Wildman–Crippen LogP) is 2.48. The van der Waals surface area contributed by atoms with E-state index in [4.69, 9.17) is 46.3 Å². The third kappa shape index (κ3) is 31.3. The van der Waals surface area contributed by atoms with Gasteiger partial charge in [0.25, 0.3) is 23.3 Å². The number of likely N-dealkylation sites (tertiary alicyclic amines) is 2. The summed E-state index contributed by atoms with van der Waals surface area (Å²) in [4.78, 5) is 275. The first-order chi connectivity index (χ1) is 69.4. The second kappa shape index (κ2) is 52.7. The molecule has 2 unspecified atom stereocenters. The summed E-state index contributed by atoms with van der Waals surface area (Å²) in [6, 6.07) is 3.68. The molecule has 4 fully saturated rings. The lowest BCUT2D eigenvalue weighted by Crippen LogP contribution is -2.57. The van der Waals surface area contributed by atoms with Gasteiger partial charge in [-0.2, -0.15) is 4.98 Å². The molecule has 5 aliphatic heterocycles. The molecule has 12 atom stereocenters. The number of nitrogen functional groups attached to an aromatic ring is 2. The second-order valence-corrected chi connectivity index (χ2v) is 37.8. The molecule has 788 valence electrons. The van der Waals surface area contributed by atoms with Crippen molar-refractivity contribution in [3.63, 3.8) is 0 Å². The van der Waals surface area contributed by atoms with Crippen LogP contribution in [0.25, 0.3) is 11.2 Å². The van der Waals surface area contributed by atoms with E-state index < -0.39 is 247 Å². The van der Waals surface area contributed by atoms with Gasteiger partial charge < -0.3 is 124 Å². The highest BCUT2D eigenvalue weighted by Crippen LogP contribution is 2.41. The van der Waals surface area contributed by atoms with E-state index in [0.717, 1.165) is 23.3 Å². The average Bonchev–Trinajstić information content (AvgIpc) is 1.62. The van der Waals surface area contributed by atoms with Crippen molar-refractivity contribution in [3.8, 4) is 23.0 Å². The number of carbonyl (C=O) groups is 18. The summed E-state index contributed by atoms with van der Waals surface area (Å²) in [6.07, 6.45) is -4.43. The smallest absolute Gasteiger partial charge is 0.326 e. The quantitative estimate of drug-likeness (QED) is 0.00664. The van der Waals surface area contributed by atoms with Gasteiger partial charge in [0.1, 0.15) is 23.9 Å². The zero-order valence-corrected chi connectivity index (χ0v) is 82.2. The van der Waals surface area contributed by atoms with E-state index in [2.05, 4.69) is 75.6 Å². The number of nitrogens with one attached hydrogen (secondary N) is 10. The maximum atomic E-state index is 14.6. The van der Waals surface area contributed by atoms with Gasteiger partial charge in [-0.3, -0.25) is 102 Å². The van der Waals surface area contributed by atoms with E-state index in [1.165, 1.54) is 73.5 Å². The normalized spacial score (nSPS) is 17.5. The Morgan fingerprint density at radius 3 is 1.94 bits per heavy atom. The number of ketones is 3. The van der Waals surface area contributed by atoms with Gasteiger partial charge in [-0.25, -0.2) is 14.8 Å². The van der Waals surface area contributed by atoms with E-state index in [1.807, 2.05) is 4.90 Å². The summed E-state index contributed by atoms with van der Waals surface area (Å²) in [5, 5.41) is 77.6. The van der Waals surface area contributed by atoms with E-state index in [-0.39, 0.29) is 136 Å². The first kappa shape index (κ1) is 113. The number of carboxylic acids is 5. The number of guanidine groups is 1. The van der Waals surface area contributed by atoms with Gasteiger partial charge in [0, 0.05) is 113 Å². The van der Waals surface area contributed by atoms with Crippen molar-refractivity contribution in [2.45, 2.75) is 210 Å². The van der Waals surface area contributed by atoms with Gasteiger partial charge in [-0.15, -0.1) is 11.8 Å². The molecule has 4 saturated heterocycles. The zero-order chi connectivity index (χ0) is 107. The number of aromatic nitrogens is 4. The Labute approximate surface area is 841 Å². The largest absolute Gasteiger partial charge is 0.493 e. The number of imide groups is 1. The Bertz CT molecular complexity index is 5860. The van der Waals surface area contributed by atoms with Crippen LogP contribution in [0.15, 0.2) is 83.8 Å². The predicted molar refractivity (Wildman–Crippen MR) is 524 cm³/mol. The van der Waals surface area contributed by atoms with Gasteiger partial charge in [-0.05, 0) is 113 Å². The highest BCUT2D eigenvalue weighted by atomic mass is 32.2. The molecule has 5 aliphatic rings. The number of fused-ring (bicyclic) bond motifs is 3. The summed E-state index contributed by atoms with van der Waals surface area (Å²) in [7, 11) is 2.95. The number of hydrogen-bond donors (Lipinski definition) is 18. The van der Waals surface area contributed by atoms with Crippen LogP contribution in [-0.4, -0.2) is 310 Å². The summed E-state index contributed by atoms with van der Waals surface area (Å²) in [5.41, 5.74) is 20.8. The highest BCUT2D eigenvalue weighted by molar-refractivity contribution is 8.00. The first-order valence-electron chi connectivity index (χ1n) is 47.5. The van der Waals surface area contributed by atoms with Crippen LogP contribution in [0.3, 0.4) is 0 Å². The van der Waals surface area contributed by atoms with Gasteiger partial charge >= 0.3 is 29.8 Å². The molecule has 50 heteroatoms. The minimum atomic E-state index is -2.08. The van der Waals surface area contributed by atoms with Crippen molar-refractivity contribution in [1.82, 2.24) is 71.4 Å². The van der Waals surface area contributed by atoms with Crippen LogP contribution in [0, 0.1) is 29.1 Å².